The fourth-order valence-electron chi connectivity index (χ4n) is 3.76. The van der Waals surface area contributed by atoms with Gasteiger partial charge >= 0.3 is 0 Å². The zero-order valence-electron chi connectivity index (χ0n) is 15.1. The van der Waals surface area contributed by atoms with Gasteiger partial charge in [-0.15, -0.1) is 0 Å². The average molecular weight is 348 g/mol. The van der Waals surface area contributed by atoms with E-state index in [1.807, 2.05) is 47.5 Å². The Morgan fingerprint density at radius 1 is 1.15 bits per heavy atom. The van der Waals surface area contributed by atoms with Crippen molar-refractivity contribution in [3.05, 3.63) is 60.3 Å². The largest absolute Gasteiger partial charge is 0.337 e. The van der Waals surface area contributed by atoms with Crippen molar-refractivity contribution in [1.29, 1.82) is 0 Å². The van der Waals surface area contributed by atoms with Crippen LogP contribution in [0.4, 0.5) is 0 Å². The molecule has 0 unspecified atom stereocenters. The van der Waals surface area contributed by atoms with Gasteiger partial charge in [-0.05, 0) is 30.9 Å². The summed E-state index contributed by atoms with van der Waals surface area (Å²) < 4.78 is 2.26. The van der Waals surface area contributed by atoms with Crippen molar-refractivity contribution in [2.45, 2.75) is 32.7 Å². The van der Waals surface area contributed by atoms with Crippen molar-refractivity contribution in [3.63, 3.8) is 0 Å². The van der Waals surface area contributed by atoms with E-state index in [1.165, 1.54) is 0 Å². The molecule has 1 fully saturated rings. The number of likely N-dealkylation sites (tertiary alicyclic amines) is 1. The molecule has 3 heterocycles. The van der Waals surface area contributed by atoms with Gasteiger partial charge in [0.15, 0.2) is 0 Å². The normalized spacial score (nSPS) is 15.5. The molecule has 1 aliphatic rings. The van der Waals surface area contributed by atoms with Crippen LogP contribution >= 0.6 is 0 Å². The topological polar surface area (TPSA) is 51.0 Å². The highest BCUT2D eigenvalue weighted by atomic mass is 16.2. The standard InChI is InChI=1S/C21H24N4O/c1-2-20-22-11-14-25(20)15-16-9-12-24(13-10-16)21(26)19-8-7-17-5-3-4-6-18(17)23-19/h3-8,11,14,16H,2,9-10,12-13,15H2,1H3. The average Bonchev–Trinajstić information content (AvgIpc) is 3.15. The van der Waals surface area contributed by atoms with Crippen LogP contribution in [0.3, 0.4) is 0 Å². The summed E-state index contributed by atoms with van der Waals surface area (Å²) in [5, 5.41) is 1.06. The van der Waals surface area contributed by atoms with Crippen LogP contribution in [-0.2, 0) is 13.0 Å². The van der Waals surface area contributed by atoms with Crippen LogP contribution in [0.15, 0.2) is 48.8 Å². The van der Waals surface area contributed by atoms with Gasteiger partial charge in [-0.3, -0.25) is 4.79 Å². The number of para-hydroxylation sites is 1. The summed E-state index contributed by atoms with van der Waals surface area (Å²) in [7, 11) is 0. The lowest BCUT2D eigenvalue weighted by molar-refractivity contribution is 0.0677. The second-order valence-corrected chi connectivity index (χ2v) is 6.97. The third-order valence-electron chi connectivity index (χ3n) is 5.29. The van der Waals surface area contributed by atoms with Crippen LogP contribution in [-0.4, -0.2) is 38.4 Å². The van der Waals surface area contributed by atoms with Gasteiger partial charge in [-0.2, -0.15) is 0 Å². The van der Waals surface area contributed by atoms with Gasteiger partial charge < -0.3 is 9.47 Å². The molecule has 0 bridgehead atoms. The molecule has 0 aliphatic carbocycles. The maximum atomic E-state index is 12.8. The molecule has 26 heavy (non-hydrogen) atoms. The Morgan fingerprint density at radius 3 is 2.77 bits per heavy atom. The van der Waals surface area contributed by atoms with E-state index >= 15 is 0 Å². The van der Waals surface area contributed by atoms with Gasteiger partial charge in [0, 0.05) is 43.8 Å². The number of aromatic nitrogens is 3. The van der Waals surface area contributed by atoms with Gasteiger partial charge in [0.1, 0.15) is 11.5 Å². The van der Waals surface area contributed by atoms with E-state index in [4.69, 9.17) is 0 Å². The monoisotopic (exact) mass is 348 g/mol. The lowest BCUT2D eigenvalue weighted by atomic mass is 9.96. The third kappa shape index (κ3) is 3.34. The number of hydrogen-bond acceptors (Lipinski definition) is 3. The number of carbonyl (C=O) groups excluding carboxylic acids is 1. The molecular weight excluding hydrogens is 324 g/mol. The van der Waals surface area contributed by atoms with Crippen molar-refractivity contribution in [2.24, 2.45) is 5.92 Å². The summed E-state index contributed by atoms with van der Waals surface area (Å²) in [5.74, 6) is 1.79. The predicted molar refractivity (Wildman–Crippen MR) is 102 cm³/mol. The minimum Gasteiger partial charge on any atom is -0.337 e. The highest BCUT2D eigenvalue weighted by molar-refractivity contribution is 5.94. The van der Waals surface area contributed by atoms with E-state index in [0.29, 0.717) is 11.6 Å². The summed E-state index contributed by atoms with van der Waals surface area (Å²) in [4.78, 5) is 23.7. The first-order valence-electron chi connectivity index (χ1n) is 9.39. The second kappa shape index (κ2) is 7.28. The molecule has 1 aromatic carbocycles. The van der Waals surface area contributed by atoms with Gasteiger partial charge in [0.05, 0.1) is 5.52 Å². The Morgan fingerprint density at radius 2 is 1.96 bits per heavy atom. The third-order valence-corrected chi connectivity index (χ3v) is 5.29. The van der Waals surface area contributed by atoms with E-state index in [9.17, 15) is 4.79 Å². The molecule has 4 rings (SSSR count). The Kier molecular flexibility index (Phi) is 4.69. The molecule has 1 aliphatic heterocycles. The summed E-state index contributed by atoms with van der Waals surface area (Å²) in [5.41, 5.74) is 1.42. The number of carbonyl (C=O) groups is 1. The van der Waals surface area contributed by atoms with Crippen LogP contribution in [0.5, 0.6) is 0 Å². The number of rotatable bonds is 4. The first-order chi connectivity index (χ1) is 12.7. The molecule has 1 amide bonds. The lowest BCUT2D eigenvalue weighted by Gasteiger charge is -2.32. The maximum Gasteiger partial charge on any atom is 0.272 e. The van der Waals surface area contributed by atoms with Gasteiger partial charge in [-0.25, -0.2) is 9.97 Å². The zero-order valence-corrected chi connectivity index (χ0v) is 15.1. The Balaban J connectivity index is 1.39. The summed E-state index contributed by atoms with van der Waals surface area (Å²) in [6.07, 6.45) is 6.96. The zero-order chi connectivity index (χ0) is 17.9. The number of pyridine rings is 1. The SMILES string of the molecule is CCc1nccn1CC1CCN(C(=O)c2ccc3ccccc3n2)CC1. The van der Waals surface area contributed by atoms with E-state index in [2.05, 4.69) is 27.7 Å². The van der Waals surface area contributed by atoms with Crippen molar-refractivity contribution in [2.75, 3.05) is 13.1 Å². The highest BCUT2D eigenvalue weighted by Crippen LogP contribution is 2.22. The van der Waals surface area contributed by atoms with Crippen LogP contribution in [0.25, 0.3) is 10.9 Å². The van der Waals surface area contributed by atoms with Gasteiger partial charge in [0.2, 0.25) is 0 Å². The van der Waals surface area contributed by atoms with Crippen molar-refractivity contribution in [1.82, 2.24) is 19.4 Å². The molecule has 0 N–H and O–H groups in total. The van der Waals surface area contributed by atoms with Crippen LogP contribution in [0.1, 0.15) is 36.1 Å². The van der Waals surface area contributed by atoms with Crippen LogP contribution < -0.4 is 0 Å². The Labute approximate surface area is 153 Å². The van der Waals surface area contributed by atoms with E-state index in [-0.39, 0.29) is 5.91 Å². The van der Waals surface area contributed by atoms with Crippen LogP contribution in [0, 0.1) is 5.92 Å². The van der Waals surface area contributed by atoms with Crippen molar-refractivity contribution in [3.8, 4) is 0 Å². The predicted octanol–water partition coefficient (Wildman–Crippen LogP) is 3.55. The molecule has 1 saturated heterocycles. The van der Waals surface area contributed by atoms with Crippen LogP contribution in [0.2, 0.25) is 0 Å². The Bertz CT molecular complexity index is 909. The molecule has 134 valence electrons. The molecule has 0 saturated carbocycles. The molecule has 5 nitrogen and oxygen atoms in total. The smallest absolute Gasteiger partial charge is 0.272 e. The molecule has 0 spiro atoms. The number of fused-ring (bicyclic) bond motifs is 1. The maximum absolute atomic E-state index is 12.8. The molecule has 0 radical (unpaired) electrons. The summed E-state index contributed by atoms with van der Waals surface area (Å²) in [6, 6.07) is 11.7. The van der Waals surface area contributed by atoms with Crippen molar-refractivity contribution >= 4 is 16.8 Å². The second-order valence-electron chi connectivity index (χ2n) is 6.97. The van der Waals surface area contributed by atoms with E-state index in [1.54, 1.807) is 0 Å². The molecule has 3 aromatic rings. The minimum atomic E-state index is 0.0473. The highest BCUT2D eigenvalue weighted by Gasteiger charge is 2.25. The fourth-order valence-corrected chi connectivity index (χ4v) is 3.76. The lowest BCUT2D eigenvalue weighted by Crippen LogP contribution is -2.39. The number of hydrogen-bond donors (Lipinski definition) is 0. The van der Waals surface area contributed by atoms with Gasteiger partial charge in [0.25, 0.3) is 5.91 Å². The van der Waals surface area contributed by atoms with E-state index < -0.39 is 0 Å². The number of amides is 1. The number of aryl methyl sites for hydroxylation is 1. The number of piperidine rings is 1. The fraction of sp³-hybridized carbons (Fsp3) is 0.381. The number of nitrogens with zero attached hydrogens (tertiary/aromatic N) is 4. The van der Waals surface area contributed by atoms with E-state index in [0.717, 1.165) is 55.6 Å². The summed E-state index contributed by atoms with van der Waals surface area (Å²) >= 11 is 0. The molecule has 2 aromatic heterocycles. The number of imidazole rings is 1. The molecular formula is C21H24N4O. The minimum absolute atomic E-state index is 0.0473. The quantitative estimate of drug-likeness (QED) is 0.724. The van der Waals surface area contributed by atoms with Gasteiger partial charge in [-0.1, -0.05) is 31.2 Å². The molecule has 0 atom stereocenters. The molecule has 5 heteroatoms. The van der Waals surface area contributed by atoms with Crippen molar-refractivity contribution < 1.29 is 4.79 Å². The number of benzene rings is 1. The summed E-state index contributed by atoms with van der Waals surface area (Å²) in [6.45, 7) is 4.73. The first kappa shape index (κ1) is 16.8. The Hall–Kier alpha value is -2.69. The first-order valence-corrected chi connectivity index (χ1v) is 9.39.